The van der Waals surface area contributed by atoms with E-state index >= 15 is 0 Å². The van der Waals surface area contributed by atoms with E-state index in [4.69, 9.17) is 16.3 Å². The molecule has 0 spiro atoms. The number of methoxy groups -OCH3 is 1. The van der Waals surface area contributed by atoms with Crippen LogP contribution in [0.15, 0.2) is 54.9 Å². The van der Waals surface area contributed by atoms with Crippen LogP contribution in [0.1, 0.15) is 27.8 Å². The van der Waals surface area contributed by atoms with Crippen molar-refractivity contribution >= 4 is 23.2 Å². The Morgan fingerprint density at radius 2 is 2.00 bits per heavy atom. The molecule has 28 heavy (non-hydrogen) atoms. The van der Waals surface area contributed by atoms with E-state index in [0.29, 0.717) is 11.6 Å². The molecule has 2 aromatic carbocycles. The number of aromatic nitrogens is 2. The lowest BCUT2D eigenvalue weighted by Gasteiger charge is -2.19. The molecule has 3 aromatic rings. The van der Waals surface area contributed by atoms with Gasteiger partial charge in [0, 0.05) is 30.5 Å². The van der Waals surface area contributed by atoms with Crippen molar-refractivity contribution in [1.29, 1.82) is 0 Å². The van der Waals surface area contributed by atoms with Crippen LogP contribution in [0, 0.1) is 10.1 Å². The molecule has 1 aromatic heterocycles. The fourth-order valence-corrected chi connectivity index (χ4v) is 2.97. The standard InChI is InChI=1S/C19H17ClN4O4/c1-23-10-9-21-18(23)17(12-3-6-14(28-2)7-4-12)22-19(25)15-8-5-13(20)11-16(15)24(26)27/h3-11,17H,1-2H3,(H,22,25). The number of nitro benzene ring substituents is 1. The SMILES string of the molecule is COc1ccc(C(NC(=O)c2ccc(Cl)cc2[N+](=O)[O-])c2nccn2C)cc1. The Bertz CT molecular complexity index is 1020. The van der Waals surface area contributed by atoms with Gasteiger partial charge in [0.1, 0.15) is 23.2 Å². The van der Waals surface area contributed by atoms with E-state index in [1.165, 1.54) is 12.1 Å². The molecule has 0 saturated carbocycles. The zero-order valence-electron chi connectivity index (χ0n) is 15.1. The number of carbonyl (C=O) groups is 1. The topological polar surface area (TPSA) is 99.3 Å². The summed E-state index contributed by atoms with van der Waals surface area (Å²) in [4.78, 5) is 27.9. The Kier molecular flexibility index (Phi) is 5.60. The Morgan fingerprint density at radius 1 is 1.29 bits per heavy atom. The van der Waals surface area contributed by atoms with E-state index in [1.807, 2.05) is 0 Å². The number of ether oxygens (including phenoxy) is 1. The van der Waals surface area contributed by atoms with Gasteiger partial charge >= 0.3 is 0 Å². The number of nitrogens with zero attached hydrogens (tertiary/aromatic N) is 3. The minimum atomic E-state index is -0.635. The summed E-state index contributed by atoms with van der Waals surface area (Å²) < 4.78 is 6.94. The van der Waals surface area contributed by atoms with E-state index < -0.39 is 16.9 Å². The average molecular weight is 401 g/mol. The van der Waals surface area contributed by atoms with Crippen LogP contribution >= 0.6 is 11.6 Å². The lowest BCUT2D eigenvalue weighted by atomic mass is 10.0. The zero-order chi connectivity index (χ0) is 20.3. The van der Waals surface area contributed by atoms with E-state index in [-0.39, 0.29) is 16.3 Å². The van der Waals surface area contributed by atoms with E-state index in [0.717, 1.165) is 11.6 Å². The van der Waals surface area contributed by atoms with Gasteiger partial charge in [-0.2, -0.15) is 0 Å². The Hall–Kier alpha value is -3.39. The Labute approximate surface area is 165 Å². The number of hydrogen-bond acceptors (Lipinski definition) is 5. The third-order valence-corrected chi connectivity index (χ3v) is 4.48. The molecule has 0 aliphatic heterocycles. The molecule has 0 aliphatic rings. The molecule has 0 saturated heterocycles. The highest BCUT2D eigenvalue weighted by atomic mass is 35.5. The maximum absolute atomic E-state index is 12.9. The van der Waals surface area contributed by atoms with Crippen molar-refractivity contribution in [3.05, 3.63) is 86.9 Å². The van der Waals surface area contributed by atoms with Crippen LogP contribution in [-0.2, 0) is 7.05 Å². The third-order valence-electron chi connectivity index (χ3n) is 4.24. The highest BCUT2D eigenvalue weighted by Crippen LogP contribution is 2.26. The largest absolute Gasteiger partial charge is 0.497 e. The van der Waals surface area contributed by atoms with Gasteiger partial charge < -0.3 is 14.6 Å². The number of aryl methyl sites for hydroxylation is 1. The molecule has 1 N–H and O–H groups in total. The van der Waals surface area contributed by atoms with Crippen molar-refractivity contribution in [2.75, 3.05) is 7.11 Å². The molecular formula is C19H17ClN4O4. The smallest absolute Gasteiger partial charge is 0.283 e. The summed E-state index contributed by atoms with van der Waals surface area (Å²) >= 11 is 5.84. The molecule has 1 amide bonds. The minimum absolute atomic E-state index is 0.0814. The third kappa shape index (κ3) is 3.96. The second-order valence-electron chi connectivity index (χ2n) is 5.99. The first kappa shape index (κ1) is 19.4. The maximum Gasteiger partial charge on any atom is 0.283 e. The fraction of sp³-hybridized carbons (Fsp3) is 0.158. The van der Waals surface area contributed by atoms with Gasteiger partial charge in [-0.25, -0.2) is 4.98 Å². The molecule has 1 heterocycles. The summed E-state index contributed by atoms with van der Waals surface area (Å²) in [6.07, 6.45) is 3.37. The lowest BCUT2D eigenvalue weighted by molar-refractivity contribution is -0.385. The zero-order valence-corrected chi connectivity index (χ0v) is 15.9. The van der Waals surface area contributed by atoms with Crippen molar-refractivity contribution in [2.45, 2.75) is 6.04 Å². The van der Waals surface area contributed by atoms with Crippen LogP contribution in [-0.4, -0.2) is 27.5 Å². The number of nitro groups is 1. The van der Waals surface area contributed by atoms with Crippen molar-refractivity contribution in [3.63, 3.8) is 0 Å². The summed E-state index contributed by atoms with van der Waals surface area (Å²) in [6, 6.07) is 10.4. The molecule has 9 heteroatoms. The molecule has 0 bridgehead atoms. The molecule has 1 unspecified atom stereocenters. The van der Waals surface area contributed by atoms with E-state index in [9.17, 15) is 14.9 Å². The first-order valence-corrected chi connectivity index (χ1v) is 8.64. The highest BCUT2D eigenvalue weighted by Gasteiger charge is 2.26. The molecule has 8 nitrogen and oxygen atoms in total. The number of nitrogens with one attached hydrogen (secondary N) is 1. The van der Waals surface area contributed by atoms with Crippen LogP contribution in [0.2, 0.25) is 5.02 Å². The number of carbonyl (C=O) groups excluding carboxylic acids is 1. The summed E-state index contributed by atoms with van der Waals surface area (Å²) in [6.45, 7) is 0. The summed E-state index contributed by atoms with van der Waals surface area (Å²) in [5.74, 6) is 0.643. The molecule has 1 atom stereocenters. The summed E-state index contributed by atoms with van der Waals surface area (Å²) in [7, 11) is 3.36. The fourth-order valence-electron chi connectivity index (χ4n) is 2.81. The number of halogens is 1. The minimum Gasteiger partial charge on any atom is -0.497 e. The van der Waals surface area contributed by atoms with Crippen molar-refractivity contribution in [3.8, 4) is 5.75 Å². The van der Waals surface area contributed by atoms with Crippen molar-refractivity contribution in [1.82, 2.24) is 14.9 Å². The number of hydrogen-bond donors (Lipinski definition) is 1. The van der Waals surface area contributed by atoms with Crippen LogP contribution < -0.4 is 10.1 Å². The maximum atomic E-state index is 12.9. The second kappa shape index (κ2) is 8.10. The van der Waals surface area contributed by atoms with Gasteiger partial charge in [-0.3, -0.25) is 14.9 Å². The predicted molar refractivity (Wildman–Crippen MR) is 104 cm³/mol. The molecule has 144 valence electrons. The van der Waals surface area contributed by atoms with E-state index in [1.54, 1.807) is 55.4 Å². The summed E-state index contributed by atoms with van der Waals surface area (Å²) in [5, 5.41) is 14.3. The van der Waals surface area contributed by atoms with Gasteiger partial charge in [-0.05, 0) is 29.8 Å². The molecule has 0 fully saturated rings. The van der Waals surface area contributed by atoms with Gasteiger partial charge in [0.2, 0.25) is 0 Å². The molecule has 0 radical (unpaired) electrons. The van der Waals surface area contributed by atoms with Gasteiger partial charge in [0.15, 0.2) is 0 Å². The second-order valence-corrected chi connectivity index (χ2v) is 6.43. The van der Waals surface area contributed by atoms with Gasteiger partial charge in [-0.15, -0.1) is 0 Å². The van der Waals surface area contributed by atoms with E-state index in [2.05, 4.69) is 10.3 Å². The molecule has 0 aliphatic carbocycles. The highest BCUT2D eigenvalue weighted by molar-refractivity contribution is 6.31. The number of rotatable bonds is 6. The Morgan fingerprint density at radius 3 is 2.57 bits per heavy atom. The number of amides is 1. The van der Waals surface area contributed by atoms with Crippen LogP contribution in [0.3, 0.4) is 0 Å². The van der Waals surface area contributed by atoms with Gasteiger partial charge in [-0.1, -0.05) is 23.7 Å². The van der Waals surface area contributed by atoms with Crippen molar-refractivity contribution in [2.24, 2.45) is 7.05 Å². The van der Waals surface area contributed by atoms with Crippen LogP contribution in [0.4, 0.5) is 5.69 Å². The van der Waals surface area contributed by atoms with Crippen LogP contribution in [0.25, 0.3) is 0 Å². The van der Waals surface area contributed by atoms with Crippen molar-refractivity contribution < 1.29 is 14.5 Å². The predicted octanol–water partition coefficient (Wildman–Crippen LogP) is 3.51. The average Bonchev–Trinajstić information content (AvgIpc) is 3.11. The number of benzene rings is 2. The monoisotopic (exact) mass is 400 g/mol. The normalized spacial score (nSPS) is 11.7. The first-order valence-electron chi connectivity index (χ1n) is 8.26. The summed E-state index contributed by atoms with van der Waals surface area (Å²) in [5.41, 5.74) is 0.306. The van der Waals surface area contributed by atoms with Gasteiger partial charge in [0.25, 0.3) is 11.6 Å². The molecule has 3 rings (SSSR count). The quantitative estimate of drug-likeness (QED) is 0.504. The lowest BCUT2D eigenvalue weighted by Crippen LogP contribution is -2.31. The van der Waals surface area contributed by atoms with Crippen LogP contribution in [0.5, 0.6) is 5.75 Å². The number of imidazole rings is 1. The molecular weight excluding hydrogens is 384 g/mol. The Balaban J connectivity index is 1.99. The first-order chi connectivity index (χ1) is 13.4. The van der Waals surface area contributed by atoms with Gasteiger partial charge in [0.05, 0.1) is 12.0 Å².